The van der Waals surface area contributed by atoms with Crippen molar-refractivity contribution in [3.63, 3.8) is 0 Å². The Labute approximate surface area is 255 Å². The molecule has 43 heavy (non-hydrogen) atoms. The Kier molecular flexibility index (Phi) is 14.1. The van der Waals surface area contributed by atoms with Gasteiger partial charge in [-0.05, 0) is 50.7 Å². The van der Waals surface area contributed by atoms with Crippen LogP contribution in [0.4, 0.5) is 4.79 Å². The summed E-state index contributed by atoms with van der Waals surface area (Å²) in [5, 5.41) is 43.4. The summed E-state index contributed by atoms with van der Waals surface area (Å²) in [4.78, 5) is 38.7. The highest BCUT2D eigenvalue weighted by molar-refractivity contribution is 5.88. The van der Waals surface area contributed by atoms with Crippen LogP contribution >= 0.6 is 0 Å². The van der Waals surface area contributed by atoms with Crippen molar-refractivity contribution in [1.29, 1.82) is 0 Å². The molecule has 0 aliphatic rings. The molecule has 10 heteroatoms. The lowest BCUT2D eigenvalue weighted by Crippen LogP contribution is -2.62. The van der Waals surface area contributed by atoms with Gasteiger partial charge in [0.15, 0.2) is 0 Å². The summed E-state index contributed by atoms with van der Waals surface area (Å²) >= 11 is 0. The molecule has 0 bridgehead atoms. The van der Waals surface area contributed by atoms with Gasteiger partial charge < -0.3 is 41.0 Å². The first-order chi connectivity index (χ1) is 20.2. The third-order valence-corrected chi connectivity index (χ3v) is 7.37. The maximum Gasteiger partial charge on any atom is 0.243 e. The number of aliphatic hydroxyl groups excluding tert-OH is 2. The first-order valence-corrected chi connectivity index (χ1v) is 15.0. The van der Waals surface area contributed by atoms with Gasteiger partial charge in [0.05, 0.1) is 24.3 Å². The van der Waals surface area contributed by atoms with Crippen LogP contribution < -0.4 is 21.1 Å². The molecule has 238 valence electrons. The summed E-state index contributed by atoms with van der Waals surface area (Å²) in [5.74, 6) is -0.806. The van der Waals surface area contributed by atoms with E-state index in [-0.39, 0.29) is 37.8 Å². The normalized spacial score (nSPS) is 15.2. The lowest BCUT2D eigenvalue weighted by molar-refractivity contribution is -0.275. The summed E-state index contributed by atoms with van der Waals surface area (Å²) < 4.78 is 0. The first kappa shape index (κ1) is 35.7. The number of amides is 3. The van der Waals surface area contributed by atoms with Gasteiger partial charge in [0.2, 0.25) is 11.8 Å². The number of hydrogen-bond acceptors (Lipinski definition) is 7. The minimum absolute atomic E-state index is 0.0123. The van der Waals surface area contributed by atoms with E-state index in [2.05, 4.69) is 16.0 Å². The Morgan fingerprint density at radius 2 is 1.35 bits per heavy atom. The van der Waals surface area contributed by atoms with E-state index in [4.69, 9.17) is 0 Å². The summed E-state index contributed by atoms with van der Waals surface area (Å²) in [7, 11) is 0. The third-order valence-electron chi connectivity index (χ3n) is 7.37. The fraction of sp³-hybridized carbons (Fsp3) is 0.545. The van der Waals surface area contributed by atoms with Gasteiger partial charge in [-0.2, -0.15) is 0 Å². The molecule has 0 spiro atoms. The number of aliphatic hydroxyl groups is 2. The van der Waals surface area contributed by atoms with E-state index in [1.807, 2.05) is 74.5 Å². The van der Waals surface area contributed by atoms with E-state index in [1.165, 1.54) is 0 Å². The molecule has 5 N–H and O–H groups in total. The molecular formula is C33H49N4O6-. The number of benzene rings is 2. The molecule has 0 aromatic heterocycles. The minimum Gasteiger partial charge on any atom is -0.530 e. The molecule has 2 aromatic carbocycles. The maximum atomic E-state index is 13.3. The fourth-order valence-electron chi connectivity index (χ4n) is 5.05. The molecule has 3 amide bonds. The van der Waals surface area contributed by atoms with E-state index in [1.54, 1.807) is 27.7 Å². The van der Waals surface area contributed by atoms with E-state index in [0.717, 1.165) is 16.0 Å². The van der Waals surface area contributed by atoms with Gasteiger partial charge in [-0.15, -0.1) is 0 Å². The van der Waals surface area contributed by atoms with Crippen LogP contribution in [-0.4, -0.2) is 82.0 Å². The van der Waals surface area contributed by atoms with Gasteiger partial charge >= 0.3 is 0 Å². The second kappa shape index (κ2) is 17.0. The van der Waals surface area contributed by atoms with Crippen molar-refractivity contribution in [2.24, 2.45) is 5.92 Å². The van der Waals surface area contributed by atoms with E-state index in [0.29, 0.717) is 6.42 Å². The molecule has 0 heterocycles. The number of carbonyl (C=O) groups is 3. The zero-order valence-corrected chi connectivity index (χ0v) is 26.2. The molecule has 0 saturated carbocycles. The maximum absolute atomic E-state index is 13.3. The van der Waals surface area contributed by atoms with Gasteiger partial charge in [0.25, 0.3) is 0 Å². The number of rotatable bonds is 16. The molecule has 0 radical (unpaired) electrons. The topological polar surface area (TPSA) is 154 Å². The lowest BCUT2D eigenvalue weighted by atomic mass is 9.94. The smallest absolute Gasteiger partial charge is 0.243 e. The number of carboxylic acid groups (broad SMARTS) is 1. The molecule has 10 nitrogen and oxygen atoms in total. The number of hydrogen-bond donors (Lipinski definition) is 5. The Hall–Kier alpha value is -3.47. The summed E-state index contributed by atoms with van der Waals surface area (Å²) in [5.41, 5.74) is 0.940. The molecule has 0 saturated heterocycles. The molecule has 2 rings (SSSR count). The van der Waals surface area contributed by atoms with Crippen LogP contribution in [0.15, 0.2) is 60.7 Å². The van der Waals surface area contributed by atoms with Crippen LogP contribution in [-0.2, 0) is 22.4 Å². The molecule has 0 aliphatic carbocycles. The van der Waals surface area contributed by atoms with Crippen LogP contribution in [0.25, 0.3) is 0 Å². The predicted molar refractivity (Wildman–Crippen MR) is 165 cm³/mol. The Bertz CT molecular complexity index is 1140. The van der Waals surface area contributed by atoms with Crippen molar-refractivity contribution >= 4 is 17.9 Å². The predicted octanol–water partition coefficient (Wildman–Crippen LogP) is 1.63. The highest BCUT2D eigenvalue weighted by Gasteiger charge is 2.34. The molecular weight excluding hydrogens is 548 g/mol. The van der Waals surface area contributed by atoms with Gasteiger partial charge in [-0.3, -0.25) is 9.59 Å². The largest absolute Gasteiger partial charge is 0.530 e. The quantitative estimate of drug-likeness (QED) is 0.197. The summed E-state index contributed by atoms with van der Waals surface area (Å²) in [6, 6.07) is 16.5. The van der Waals surface area contributed by atoms with Crippen molar-refractivity contribution in [2.45, 2.75) is 96.7 Å². The van der Waals surface area contributed by atoms with Crippen LogP contribution in [0.2, 0.25) is 0 Å². The Balaban J connectivity index is 2.18. The van der Waals surface area contributed by atoms with Crippen molar-refractivity contribution < 1.29 is 29.7 Å². The van der Waals surface area contributed by atoms with E-state index >= 15 is 0 Å². The number of carbonyl (C=O) groups excluding carboxylic acids is 3. The van der Waals surface area contributed by atoms with Crippen molar-refractivity contribution in [2.75, 3.05) is 13.1 Å². The zero-order chi connectivity index (χ0) is 32.2. The van der Waals surface area contributed by atoms with Crippen LogP contribution in [0, 0.1) is 5.92 Å². The van der Waals surface area contributed by atoms with Crippen molar-refractivity contribution in [3.05, 3.63) is 71.8 Å². The second-order valence-electron chi connectivity index (χ2n) is 12.3. The molecule has 5 atom stereocenters. The summed E-state index contributed by atoms with van der Waals surface area (Å²) in [6.07, 6.45) is -2.71. The average Bonchev–Trinajstić information content (AvgIpc) is 2.94. The van der Waals surface area contributed by atoms with Crippen LogP contribution in [0.3, 0.4) is 0 Å². The van der Waals surface area contributed by atoms with E-state index < -0.39 is 47.9 Å². The second-order valence-corrected chi connectivity index (χ2v) is 12.3. The lowest BCUT2D eigenvalue weighted by Gasteiger charge is -2.45. The first-order valence-electron chi connectivity index (χ1n) is 15.0. The highest BCUT2D eigenvalue weighted by Crippen LogP contribution is 2.22. The van der Waals surface area contributed by atoms with Gasteiger partial charge in [0, 0.05) is 25.0 Å². The van der Waals surface area contributed by atoms with Crippen molar-refractivity contribution in [3.8, 4) is 0 Å². The van der Waals surface area contributed by atoms with Crippen molar-refractivity contribution in [1.82, 2.24) is 20.9 Å². The Morgan fingerprint density at radius 1 is 0.837 bits per heavy atom. The molecule has 0 unspecified atom stereocenters. The monoisotopic (exact) mass is 597 g/mol. The molecule has 2 aromatic rings. The van der Waals surface area contributed by atoms with E-state index in [9.17, 15) is 29.7 Å². The Morgan fingerprint density at radius 3 is 1.81 bits per heavy atom. The molecule has 0 aliphatic heterocycles. The SMILES string of the molecule is CCC(=O)N[C@H](C(=O)N[C@@H](Cc1ccccc1)[C@H](O)CNC[C@@H](O)[C@H](Cc1ccccc1)N(C(=O)[O-])C(C)(C)C)C(C)C. The number of nitrogens with zero attached hydrogens (tertiary/aromatic N) is 1. The van der Waals surface area contributed by atoms with Gasteiger partial charge in [0.1, 0.15) is 12.1 Å². The number of nitrogens with one attached hydrogen (secondary N) is 3. The minimum atomic E-state index is -1.38. The fourth-order valence-corrected chi connectivity index (χ4v) is 5.05. The average molecular weight is 598 g/mol. The zero-order valence-electron chi connectivity index (χ0n) is 26.2. The molecule has 0 fully saturated rings. The van der Waals surface area contributed by atoms with Gasteiger partial charge in [-0.1, -0.05) is 81.4 Å². The van der Waals surface area contributed by atoms with Gasteiger partial charge in [-0.25, -0.2) is 0 Å². The standard InChI is InChI=1S/C33H50N4O6/c1-7-29(40)36-30(22(2)3)31(41)35-25(18-23-14-10-8-11-15-23)27(38)20-34-21-28(39)26(19-24-16-12-9-13-17-24)37(32(42)43)33(4,5)6/h8-17,22,25-28,30,34,38-39H,7,18-21H2,1-6H3,(H,35,41)(H,36,40)(H,42,43)/p-1/t25-,26-,27+,28+,30-/m0/s1. The van der Waals surface area contributed by atoms with Crippen LogP contribution in [0.5, 0.6) is 0 Å². The summed E-state index contributed by atoms with van der Waals surface area (Å²) in [6.45, 7) is 10.6. The highest BCUT2D eigenvalue weighted by atomic mass is 16.4. The third kappa shape index (κ3) is 11.6. The van der Waals surface area contributed by atoms with Crippen LogP contribution in [0.1, 0.15) is 59.1 Å².